The molecule has 0 saturated heterocycles. The Labute approximate surface area is 169 Å². The van der Waals surface area contributed by atoms with Crippen LogP contribution in [-0.2, 0) is 14.8 Å². The van der Waals surface area contributed by atoms with Gasteiger partial charge in [-0.1, -0.05) is 23.2 Å². The Morgan fingerprint density at radius 2 is 1.74 bits per heavy atom. The highest BCUT2D eigenvalue weighted by molar-refractivity contribution is 7.89. The number of nitrogens with zero attached hydrogens (tertiary/aromatic N) is 1. The van der Waals surface area contributed by atoms with Gasteiger partial charge < -0.3 is 10.6 Å². The second-order valence-corrected chi connectivity index (χ2v) is 9.01. The van der Waals surface area contributed by atoms with Gasteiger partial charge in [-0.15, -0.1) is 0 Å². The van der Waals surface area contributed by atoms with Gasteiger partial charge in [-0.2, -0.15) is 4.31 Å². The third-order valence-electron chi connectivity index (χ3n) is 3.92. The molecule has 0 aliphatic rings. The van der Waals surface area contributed by atoms with Crippen molar-refractivity contribution in [2.45, 2.75) is 24.8 Å². The van der Waals surface area contributed by atoms with E-state index in [-0.39, 0.29) is 23.4 Å². The van der Waals surface area contributed by atoms with Crippen molar-refractivity contribution in [3.05, 3.63) is 52.5 Å². The Kier molecular flexibility index (Phi) is 7.11. The van der Waals surface area contributed by atoms with Gasteiger partial charge in [0.05, 0.1) is 22.2 Å². The van der Waals surface area contributed by atoms with Crippen LogP contribution in [0.1, 0.15) is 13.8 Å². The maximum atomic E-state index is 12.4. The fourth-order valence-corrected chi connectivity index (χ4v) is 3.98. The number of carbonyl (C=O) groups excluding carboxylic acids is 1. The standard InChI is InChI=1S/C18H21Cl2N3O3S/c1-12(2)23(3)27(25,26)15-7-5-14(6-8-15)21-11-18(24)22-17-9-4-13(19)10-16(17)20/h4-10,12,21H,11H2,1-3H3,(H,22,24). The van der Waals surface area contributed by atoms with Crippen LogP contribution in [0, 0.1) is 0 Å². The molecule has 0 spiro atoms. The molecule has 1 amide bonds. The predicted molar refractivity (Wildman–Crippen MR) is 110 cm³/mol. The van der Waals surface area contributed by atoms with Crippen molar-refractivity contribution in [2.75, 3.05) is 24.2 Å². The minimum Gasteiger partial charge on any atom is -0.376 e. The molecule has 9 heteroatoms. The molecule has 0 unspecified atom stereocenters. The maximum absolute atomic E-state index is 12.4. The second kappa shape index (κ2) is 8.93. The molecule has 2 N–H and O–H groups in total. The molecule has 2 aromatic rings. The van der Waals surface area contributed by atoms with Crippen molar-refractivity contribution in [3.63, 3.8) is 0 Å². The van der Waals surface area contributed by atoms with E-state index in [4.69, 9.17) is 23.2 Å². The summed E-state index contributed by atoms with van der Waals surface area (Å²) < 4.78 is 26.2. The summed E-state index contributed by atoms with van der Waals surface area (Å²) in [4.78, 5) is 12.2. The van der Waals surface area contributed by atoms with E-state index >= 15 is 0 Å². The van der Waals surface area contributed by atoms with Gasteiger partial charge in [0.15, 0.2) is 0 Å². The number of sulfonamides is 1. The zero-order valence-electron chi connectivity index (χ0n) is 15.2. The number of amides is 1. The Morgan fingerprint density at radius 1 is 1.11 bits per heavy atom. The largest absolute Gasteiger partial charge is 0.376 e. The summed E-state index contributed by atoms with van der Waals surface area (Å²) in [5.74, 6) is -0.296. The molecular weight excluding hydrogens is 409 g/mol. The minimum absolute atomic E-state index is 0.00303. The van der Waals surface area contributed by atoms with Crippen molar-refractivity contribution in [1.82, 2.24) is 4.31 Å². The predicted octanol–water partition coefficient (Wildman–Crippen LogP) is 4.07. The number of benzene rings is 2. The molecule has 0 saturated carbocycles. The SMILES string of the molecule is CC(C)N(C)S(=O)(=O)c1ccc(NCC(=O)Nc2ccc(Cl)cc2Cl)cc1. The van der Waals surface area contributed by atoms with E-state index in [9.17, 15) is 13.2 Å². The van der Waals surface area contributed by atoms with Gasteiger partial charge in [0.2, 0.25) is 15.9 Å². The highest BCUT2D eigenvalue weighted by Crippen LogP contribution is 2.25. The monoisotopic (exact) mass is 429 g/mol. The fourth-order valence-electron chi connectivity index (χ4n) is 2.16. The summed E-state index contributed by atoms with van der Waals surface area (Å²) >= 11 is 11.8. The van der Waals surface area contributed by atoms with Crippen LogP contribution in [-0.4, -0.2) is 38.3 Å². The lowest BCUT2D eigenvalue weighted by atomic mass is 10.3. The molecular formula is C18H21Cl2N3O3S. The molecule has 6 nitrogen and oxygen atoms in total. The lowest BCUT2D eigenvalue weighted by Gasteiger charge is -2.21. The van der Waals surface area contributed by atoms with Crippen LogP contribution in [0.15, 0.2) is 47.4 Å². The third-order valence-corrected chi connectivity index (χ3v) is 6.51. The number of halogens is 2. The molecule has 0 aromatic heterocycles. The molecule has 0 atom stereocenters. The van der Waals surface area contributed by atoms with Gasteiger partial charge in [-0.3, -0.25) is 4.79 Å². The molecule has 146 valence electrons. The first-order valence-electron chi connectivity index (χ1n) is 8.18. The average Bonchev–Trinajstić information content (AvgIpc) is 2.62. The molecule has 0 aliphatic heterocycles. The van der Waals surface area contributed by atoms with Crippen molar-refractivity contribution in [1.29, 1.82) is 0 Å². The van der Waals surface area contributed by atoms with Crippen LogP contribution in [0.5, 0.6) is 0 Å². The maximum Gasteiger partial charge on any atom is 0.243 e. The summed E-state index contributed by atoms with van der Waals surface area (Å²) in [7, 11) is -1.99. The lowest BCUT2D eigenvalue weighted by Crippen LogP contribution is -2.33. The van der Waals surface area contributed by atoms with Gasteiger partial charge in [-0.25, -0.2) is 8.42 Å². The van der Waals surface area contributed by atoms with Gasteiger partial charge in [0, 0.05) is 23.8 Å². The number of hydrogen-bond acceptors (Lipinski definition) is 4. The fraction of sp³-hybridized carbons (Fsp3) is 0.278. The van der Waals surface area contributed by atoms with Crippen LogP contribution < -0.4 is 10.6 Å². The Balaban J connectivity index is 1.98. The van der Waals surface area contributed by atoms with Gasteiger partial charge in [0.1, 0.15) is 0 Å². The Hall–Kier alpha value is -1.80. The Bertz CT molecular complexity index is 916. The first-order chi connectivity index (χ1) is 12.6. The van der Waals surface area contributed by atoms with E-state index < -0.39 is 10.0 Å². The zero-order chi connectivity index (χ0) is 20.2. The molecule has 0 bridgehead atoms. The van der Waals surface area contributed by atoms with E-state index in [1.807, 2.05) is 0 Å². The van der Waals surface area contributed by atoms with Crippen LogP contribution >= 0.6 is 23.2 Å². The first kappa shape index (κ1) is 21.5. The third kappa shape index (κ3) is 5.59. The van der Waals surface area contributed by atoms with E-state index in [2.05, 4.69) is 10.6 Å². The Morgan fingerprint density at radius 3 is 2.30 bits per heavy atom. The van der Waals surface area contributed by atoms with Gasteiger partial charge in [-0.05, 0) is 56.3 Å². The normalized spacial score (nSPS) is 11.7. The zero-order valence-corrected chi connectivity index (χ0v) is 17.5. The highest BCUT2D eigenvalue weighted by atomic mass is 35.5. The molecule has 0 aliphatic carbocycles. The van der Waals surface area contributed by atoms with Crippen molar-refractivity contribution in [3.8, 4) is 0 Å². The molecule has 2 aromatic carbocycles. The number of nitrogens with one attached hydrogen (secondary N) is 2. The van der Waals surface area contributed by atoms with E-state index in [0.29, 0.717) is 21.4 Å². The number of carbonyl (C=O) groups is 1. The van der Waals surface area contributed by atoms with E-state index in [1.54, 1.807) is 51.2 Å². The van der Waals surface area contributed by atoms with Crippen molar-refractivity contribution >= 4 is 50.5 Å². The van der Waals surface area contributed by atoms with Crippen LogP contribution in [0.4, 0.5) is 11.4 Å². The molecule has 0 fully saturated rings. The van der Waals surface area contributed by atoms with Crippen molar-refractivity contribution < 1.29 is 13.2 Å². The average molecular weight is 430 g/mol. The second-order valence-electron chi connectivity index (χ2n) is 6.17. The summed E-state index contributed by atoms with van der Waals surface area (Å²) in [6.07, 6.45) is 0. The van der Waals surface area contributed by atoms with Gasteiger partial charge >= 0.3 is 0 Å². The van der Waals surface area contributed by atoms with E-state index in [1.165, 1.54) is 16.4 Å². The summed E-state index contributed by atoms with van der Waals surface area (Å²) in [6, 6.07) is 10.9. The quantitative estimate of drug-likeness (QED) is 0.694. The van der Waals surface area contributed by atoms with Crippen molar-refractivity contribution in [2.24, 2.45) is 0 Å². The summed E-state index contributed by atoms with van der Waals surface area (Å²) in [5, 5.41) is 6.44. The first-order valence-corrected chi connectivity index (χ1v) is 10.4. The topological polar surface area (TPSA) is 78.5 Å². The summed E-state index contributed by atoms with van der Waals surface area (Å²) in [6.45, 7) is 3.61. The van der Waals surface area contributed by atoms with E-state index in [0.717, 1.165) is 0 Å². The van der Waals surface area contributed by atoms with Crippen LogP contribution in [0.2, 0.25) is 10.0 Å². The number of hydrogen-bond donors (Lipinski definition) is 2. The molecule has 2 rings (SSSR count). The lowest BCUT2D eigenvalue weighted by molar-refractivity contribution is -0.114. The molecule has 0 radical (unpaired) electrons. The van der Waals surface area contributed by atoms with Crippen LogP contribution in [0.3, 0.4) is 0 Å². The number of rotatable bonds is 7. The minimum atomic E-state index is -3.53. The molecule has 27 heavy (non-hydrogen) atoms. The van der Waals surface area contributed by atoms with Gasteiger partial charge in [0.25, 0.3) is 0 Å². The number of anilines is 2. The molecule has 0 heterocycles. The highest BCUT2D eigenvalue weighted by Gasteiger charge is 2.22. The van der Waals surface area contributed by atoms with Crippen LogP contribution in [0.25, 0.3) is 0 Å². The smallest absolute Gasteiger partial charge is 0.243 e. The summed E-state index contributed by atoms with van der Waals surface area (Å²) in [5.41, 5.74) is 1.09.